The molecule has 0 aliphatic carbocycles. The van der Waals surface area contributed by atoms with E-state index < -0.39 is 17.4 Å². The van der Waals surface area contributed by atoms with Crippen molar-refractivity contribution in [3.8, 4) is 0 Å². The standard InChI is InChI=1S/C18H27N7O2/c19-9-18(10-20,11-21)6-14(22)17(27)24-8-16(26)25-13-5-12-3-1-2-4-15(12)23-7-13/h1-5,7,14H,6,8-11,19-22H2,(H,24,27)(H,25,26). The Labute approximate surface area is 157 Å². The molecule has 0 radical (unpaired) electrons. The summed E-state index contributed by atoms with van der Waals surface area (Å²) in [4.78, 5) is 28.5. The van der Waals surface area contributed by atoms with Crippen molar-refractivity contribution in [1.29, 1.82) is 0 Å². The van der Waals surface area contributed by atoms with Gasteiger partial charge in [0.1, 0.15) is 0 Å². The van der Waals surface area contributed by atoms with Gasteiger partial charge in [0, 0.05) is 30.4 Å². The Morgan fingerprint density at radius 1 is 1.11 bits per heavy atom. The summed E-state index contributed by atoms with van der Waals surface area (Å²) in [6.07, 6.45) is 1.81. The van der Waals surface area contributed by atoms with Crippen LogP contribution in [0.5, 0.6) is 0 Å². The van der Waals surface area contributed by atoms with Gasteiger partial charge in [-0.05, 0) is 18.6 Å². The zero-order chi connectivity index (χ0) is 19.9. The van der Waals surface area contributed by atoms with E-state index in [0.717, 1.165) is 10.9 Å². The van der Waals surface area contributed by atoms with Crippen LogP contribution in [0.25, 0.3) is 10.9 Å². The number of hydrogen-bond donors (Lipinski definition) is 6. The van der Waals surface area contributed by atoms with Crippen LogP contribution in [-0.2, 0) is 9.59 Å². The molecule has 1 unspecified atom stereocenters. The van der Waals surface area contributed by atoms with Crippen LogP contribution in [0.1, 0.15) is 6.42 Å². The van der Waals surface area contributed by atoms with Crippen molar-refractivity contribution in [3.05, 3.63) is 36.5 Å². The summed E-state index contributed by atoms with van der Waals surface area (Å²) in [7, 11) is 0. The van der Waals surface area contributed by atoms with Gasteiger partial charge in [-0.15, -0.1) is 0 Å². The van der Waals surface area contributed by atoms with E-state index in [0.29, 0.717) is 5.69 Å². The first-order valence-electron chi connectivity index (χ1n) is 8.71. The number of nitrogens with zero attached hydrogens (tertiary/aromatic N) is 1. The summed E-state index contributed by atoms with van der Waals surface area (Å²) in [5, 5.41) is 6.11. The molecule has 2 rings (SSSR count). The van der Waals surface area contributed by atoms with Crippen molar-refractivity contribution in [1.82, 2.24) is 10.3 Å². The Bertz CT molecular complexity index is 784. The first-order valence-corrected chi connectivity index (χ1v) is 8.71. The fraction of sp³-hybridized carbons (Fsp3) is 0.389. The maximum Gasteiger partial charge on any atom is 0.243 e. The van der Waals surface area contributed by atoms with Gasteiger partial charge in [0.2, 0.25) is 11.8 Å². The Morgan fingerprint density at radius 2 is 1.78 bits per heavy atom. The summed E-state index contributed by atoms with van der Waals surface area (Å²) < 4.78 is 0. The minimum atomic E-state index is -0.851. The Kier molecular flexibility index (Phi) is 7.19. The normalized spacial score (nSPS) is 12.6. The topological polar surface area (TPSA) is 175 Å². The summed E-state index contributed by atoms with van der Waals surface area (Å²) in [5.41, 5.74) is 23.8. The maximum absolute atomic E-state index is 12.1. The van der Waals surface area contributed by atoms with Crippen molar-refractivity contribution in [2.75, 3.05) is 31.5 Å². The Hall–Kier alpha value is -2.59. The van der Waals surface area contributed by atoms with Gasteiger partial charge in [-0.1, -0.05) is 18.2 Å². The number of carbonyl (C=O) groups is 2. The van der Waals surface area contributed by atoms with Gasteiger partial charge >= 0.3 is 0 Å². The van der Waals surface area contributed by atoms with E-state index in [-0.39, 0.29) is 38.5 Å². The van der Waals surface area contributed by atoms with Crippen LogP contribution in [0.4, 0.5) is 5.69 Å². The minimum absolute atomic E-state index is 0.208. The summed E-state index contributed by atoms with van der Waals surface area (Å²) in [5.74, 6) is -0.836. The van der Waals surface area contributed by atoms with Crippen LogP contribution in [0, 0.1) is 5.41 Å². The molecule has 0 bridgehead atoms. The van der Waals surface area contributed by atoms with Crippen LogP contribution in [0.15, 0.2) is 36.5 Å². The van der Waals surface area contributed by atoms with Crippen LogP contribution in [0.2, 0.25) is 0 Å². The molecule has 0 saturated heterocycles. The highest BCUT2D eigenvalue weighted by Crippen LogP contribution is 2.19. The van der Waals surface area contributed by atoms with Gasteiger partial charge in [-0.25, -0.2) is 0 Å². The fourth-order valence-electron chi connectivity index (χ4n) is 2.70. The number of pyridine rings is 1. The molecular weight excluding hydrogens is 346 g/mol. The summed E-state index contributed by atoms with van der Waals surface area (Å²) in [6.45, 7) is 0.490. The highest BCUT2D eigenvalue weighted by molar-refractivity contribution is 5.96. The molecule has 2 amide bonds. The van der Waals surface area contributed by atoms with Gasteiger partial charge in [0.15, 0.2) is 0 Å². The Morgan fingerprint density at radius 3 is 2.44 bits per heavy atom. The molecule has 2 aromatic rings. The third kappa shape index (κ3) is 5.44. The first-order chi connectivity index (χ1) is 12.9. The number of amides is 2. The van der Waals surface area contributed by atoms with E-state index in [1.807, 2.05) is 30.3 Å². The molecule has 146 valence electrons. The highest BCUT2D eigenvalue weighted by Gasteiger charge is 2.30. The highest BCUT2D eigenvalue weighted by atomic mass is 16.2. The molecule has 1 aromatic carbocycles. The third-order valence-corrected chi connectivity index (χ3v) is 4.59. The zero-order valence-corrected chi connectivity index (χ0v) is 15.2. The summed E-state index contributed by atoms with van der Waals surface area (Å²) >= 11 is 0. The third-order valence-electron chi connectivity index (χ3n) is 4.59. The number of para-hydroxylation sites is 1. The second-order valence-corrected chi connectivity index (χ2v) is 6.61. The quantitative estimate of drug-likeness (QED) is 0.322. The minimum Gasteiger partial charge on any atom is -0.346 e. The van der Waals surface area contributed by atoms with Crippen molar-refractivity contribution in [3.63, 3.8) is 0 Å². The monoisotopic (exact) mass is 373 g/mol. The van der Waals surface area contributed by atoms with Gasteiger partial charge in [0.25, 0.3) is 0 Å². The van der Waals surface area contributed by atoms with Crippen LogP contribution < -0.4 is 33.6 Å². The SMILES string of the molecule is NCC(CN)(CN)CC(N)C(=O)NCC(=O)Nc1cnc2ccccc2c1. The molecule has 9 nitrogen and oxygen atoms in total. The van der Waals surface area contributed by atoms with Crippen molar-refractivity contribution in [2.24, 2.45) is 28.3 Å². The first kappa shape index (κ1) is 20.7. The molecule has 27 heavy (non-hydrogen) atoms. The van der Waals surface area contributed by atoms with Gasteiger partial charge in [-0.2, -0.15) is 0 Å². The molecule has 1 atom stereocenters. The molecule has 0 aliphatic heterocycles. The molecule has 0 saturated carbocycles. The molecule has 9 heteroatoms. The molecule has 0 fully saturated rings. The average Bonchev–Trinajstić information content (AvgIpc) is 2.70. The predicted octanol–water partition coefficient (Wildman–Crippen LogP) is -1.13. The van der Waals surface area contributed by atoms with Gasteiger partial charge < -0.3 is 33.6 Å². The van der Waals surface area contributed by atoms with E-state index in [9.17, 15) is 9.59 Å². The molecule has 1 heterocycles. The van der Waals surface area contributed by atoms with E-state index in [1.54, 1.807) is 6.20 Å². The van der Waals surface area contributed by atoms with E-state index in [1.165, 1.54) is 0 Å². The van der Waals surface area contributed by atoms with Crippen molar-refractivity contribution >= 4 is 28.4 Å². The number of carbonyl (C=O) groups excluding carboxylic acids is 2. The predicted molar refractivity (Wildman–Crippen MR) is 106 cm³/mol. The molecule has 1 aromatic heterocycles. The zero-order valence-electron chi connectivity index (χ0n) is 15.2. The molecule has 0 aliphatic rings. The van der Waals surface area contributed by atoms with Gasteiger partial charge in [0.05, 0.1) is 30.0 Å². The Balaban J connectivity index is 1.87. The number of rotatable bonds is 9. The average molecular weight is 373 g/mol. The number of benzene rings is 1. The number of fused-ring (bicyclic) bond motifs is 1. The lowest BCUT2D eigenvalue weighted by Crippen LogP contribution is -2.52. The molecular formula is C18H27N7O2. The largest absolute Gasteiger partial charge is 0.346 e. The lowest BCUT2D eigenvalue weighted by molar-refractivity contribution is -0.125. The lowest BCUT2D eigenvalue weighted by Gasteiger charge is -2.31. The number of nitrogens with two attached hydrogens (primary N) is 4. The van der Waals surface area contributed by atoms with E-state index >= 15 is 0 Å². The van der Waals surface area contributed by atoms with E-state index in [4.69, 9.17) is 22.9 Å². The fourth-order valence-corrected chi connectivity index (χ4v) is 2.70. The second-order valence-electron chi connectivity index (χ2n) is 6.61. The molecule has 0 spiro atoms. The van der Waals surface area contributed by atoms with Crippen LogP contribution in [-0.4, -0.2) is 49.0 Å². The number of aromatic nitrogens is 1. The number of anilines is 1. The second kappa shape index (κ2) is 9.38. The smallest absolute Gasteiger partial charge is 0.243 e. The van der Waals surface area contributed by atoms with Crippen LogP contribution in [0.3, 0.4) is 0 Å². The number of hydrogen-bond acceptors (Lipinski definition) is 7. The summed E-state index contributed by atoms with van der Waals surface area (Å²) in [6, 6.07) is 8.52. The molecule has 10 N–H and O–H groups in total. The van der Waals surface area contributed by atoms with Crippen LogP contribution >= 0.6 is 0 Å². The van der Waals surface area contributed by atoms with Crippen molar-refractivity contribution in [2.45, 2.75) is 12.5 Å². The number of nitrogens with one attached hydrogen (secondary N) is 2. The van der Waals surface area contributed by atoms with E-state index in [2.05, 4.69) is 15.6 Å². The van der Waals surface area contributed by atoms with Crippen molar-refractivity contribution < 1.29 is 9.59 Å². The lowest BCUT2D eigenvalue weighted by atomic mass is 9.81. The van der Waals surface area contributed by atoms with Gasteiger partial charge in [-0.3, -0.25) is 14.6 Å². The maximum atomic E-state index is 12.1.